The van der Waals surface area contributed by atoms with Crippen molar-refractivity contribution in [2.24, 2.45) is 0 Å². The topological polar surface area (TPSA) is 40.5 Å². The molecule has 0 bridgehead atoms. The van der Waals surface area contributed by atoms with Crippen LogP contribution in [-0.4, -0.2) is 16.0 Å². The van der Waals surface area contributed by atoms with Gasteiger partial charge in [0.2, 0.25) is 0 Å². The molecule has 0 aromatic heterocycles. The molecule has 0 heterocycles. The summed E-state index contributed by atoms with van der Waals surface area (Å²) in [5.74, 6) is -1.38. The lowest BCUT2D eigenvalue weighted by molar-refractivity contribution is -0.172. The highest BCUT2D eigenvalue weighted by molar-refractivity contribution is 4.65. The molecule has 0 aliphatic heterocycles. The van der Waals surface area contributed by atoms with E-state index in [4.69, 9.17) is 0 Å². The van der Waals surface area contributed by atoms with Gasteiger partial charge in [-0.1, -0.05) is 51.4 Å². The van der Waals surface area contributed by atoms with Gasteiger partial charge in [0.1, 0.15) is 0 Å². The summed E-state index contributed by atoms with van der Waals surface area (Å²) in [4.78, 5) is 0. The number of hydrogen-bond acceptors (Lipinski definition) is 2. The first-order chi connectivity index (χ1) is 7.21. The first-order valence-electron chi connectivity index (χ1n) is 6.65. The normalized spacial score (nSPS) is 26.0. The Morgan fingerprint density at radius 3 is 1.07 bits per heavy atom. The van der Waals surface area contributed by atoms with Gasteiger partial charge < -0.3 is 10.2 Å². The van der Waals surface area contributed by atoms with Gasteiger partial charge in [-0.15, -0.1) is 0 Å². The van der Waals surface area contributed by atoms with E-state index in [1.54, 1.807) is 0 Å². The molecule has 0 aromatic carbocycles. The Morgan fingerprint density at radius 1 is 0.467 bits per heavy atom. The van der Waals surface area contributed by atoms with E-state index in [9.17, 15) is 10.2 Å². The Labute approximate surface area is 93.7 Å². The van der Waals surface area contributed by atoms with Crippen LogP contribution in [0, 0.1) is 0 Å². The summed E-state index contributed by atoms with van der Waals surface area (Å²) < 4.78 is 0. The van der Waals surface area contributed by atoms with Crippen LogP contribution in [0.4, 0.5) is 0 Å². The molecular weight excluding hydrogens is 188 g/mol. The Balaban J connectivity index is 2.24. The molecule has 0 aromatic rings. The summed E-state index contributed by atoms with van der Waals surface area (Å²) in [7, 11) is 0. The van der Waals surface area contributed by atoms with Crippen molar-refractivity contribution in [1.82, 2.24) is 0 Å². The van der Waals surface area contributed by atoms with Gasteiger partial charge in [-0.3, -0.25) is 0 Å². The summed E-state index contributed by atoms with van der Waals surface area (Å²) in [5, 5.41) is 19.4. The second-order valence-corrected chi connectivity index (χ2v) is 5.02. The van der Waals surface area contributed by atoms with Gasteiger partial charge in [0.15, 0.2) is 5.79 Å². The molecule has 2 N–H and O–H groups in total. The van der Waals surface area contributed by atoms with E-state index in [1.807, 2.05) is 0 Å². The Morgan fingerprint density at radius 2 is 0.733 bits per heavy atom. The first-order valence-corrected chi connectivity index (χ1v) is 6.65. The molecule has 0 spiro atoms. The van der Waals surface area contributed by atoms with Crippen LogP contribution in [0.25, 0.3) is 0 Å². The highest BCUT2D eigenvalue weighted by Crippen LogP contribution is 2.21. The molecule has 1 aliphatic rings. The van der Waals surface area contributed by atoms with Crippen LogP contribution in [0.1, 0.15) is 77.0 Å². The molecule has 0 unspecified atom stereocenters. The van der Waals surface area contributed by atoms with E-state index in [2.05, 4.69) is 0 Å². The molecular formula is C13H26O2. The highest BCUT2D eigenvalue weighted by Gasteiger charge is 2.21. The van der Waals surface area contributed by atoms with Crippen LogP contribution in [-0.2, 0) is 0 Å². The standard InChI is InChI=1S/C13H26O2/c14-13(15)11-9-7-5-3-1-2-4-6-8-10-12-13/h14-15H,1-12H2. The molecule has 1 rings (SSSR count). The van der Waals surface area contributed by atoms with Gasteiger partial charge in [0.05, 0.1) is 0 Å². The molecule has 0 saturated heterocycles. The van der Waals surface area contributed by atoms with Crippen LogP contribution in [0.5, 0.6) is 0 Å². The second-order valence-electron chi connectivity index (χ2n) is 5.02. The molecule has 2 nitrogen and oxygen atoms in total. The molecule has 1 fully saturated rings. The first kappa shape index (κ1) is 13.0. The quantitative estimate of drug-likeness (QED) is 0.607. The van der Waals surface area contributed by atoms with Gasteiger partial charge in [-0.2, -0.15) is 0 Å². The third kappa shape index (κ3) is 6.91. The minimum Gasteiger partial charge on any atom is -0.366 e. The summed E-state index contributed by atoms with van der Waals surface area (Å²) in [6.45, 7) is 0. The maximum Gasteiger partial charge on any atom is 0.162 e. The zero-order valence-corrected chi connectivity index (χ0v) is 9.88. The van der Waals surface area contributed by atoms with E-state index >= 15 is 0 Å². The largest absolute Gasteiger partial charge is 0.366 e. The van der Waals surface area contributed by atoms with Gasteiger partial charge >= 0.3 is 0 Å². The molecule has 0 amide bonds. The third-order valence-electron chi connectivity index (χ3n) is 3.40. The van der Waals surface area contributed by atoms with Crippen molar-refractivity contribution in [3.63, 3.8) is 0 Å². The van der Waals surface area contributed by atoms with Gasteiger partial charge in [-0.05, 0) is 12.8 Å². The minimum atomic E-state index is -1.38. The predicted octanol–water partition coefficient (Wildman–Crippen LogP) is 3.36. The molecule has 2 heteroatoms. The van der Waals surface area contributed by atoms with Crippen molar-refractivity contribution in [3.05, 3.63) is 0 Å². The fourth-order valence-electron chi connectivity index (χ4n) is 2.36. The fraction of sp³-hybridized carbons (Fsp3) is 1.00. The number of hydrogen-bond donors (Lipinski definition) is 2. The summed E-state index contributed by atoms with van der Waals surface area (Å²) in [5.41, 5.74) is 0. The van der Waals surface area contributed by atoms with Crippen molar-refractivity contribution >= 4 is 0 Å². The predicted molar refractivity (Wildman–Crippen MR) is 62.6 cm³/mol. The van der Waals surface area contributed by atoms with Crippen molar-refractivity contribution in [1.29, 1.82) is 0 Å². The van der Waals surface area contributed by atoms with Crippen molar-refractivity contribution in [3.8, 4) is 0 Å². The van der Waals surface area contributed by atoms with Gasteiger partial charge in [0.25, 0.3) is 0 Å². The lowest BCUT2D eigenvalue weighted by Crippen LogP contribution is -2.27. The fourth-order valence-corrected chi connectivity index (χ4v) is 2.36. The lowest BCUT2D eigenvalue weighted by Gasteiger charge is -2.21. The molecule has 0 atom stereocenters. The SMILES string of the molecule is OC1(O)CCCCCCCCCCCC1. The van der Waals surface area contributed by atoms with E-state index < -0.39 is 5.79 Å². The second kappa shape index (κ2) is 7.24. The summed E-state index contributed by atoms with van der Waals surface area (Å²) in [6.07, 6.45) is 13.3. The van der Waals surface area contributed by atoms with Gasteiger partial charge in [0, 0.05) is 12.8 Å². The molecule has 1 saturated carbocycles. The van der Waals surface area contributed by atoms with Crippen LogP contribution in [0.15, 0.2) is 0 Å². The zero-order chi connectivity index (χ0) is 11.0. The molecule has 0 radical (unpaired) electrons. The number of rotatable bonds is 0. The van der Waals surface area contributed by atoms with Crippen LogP contribution < -0.4 is 0 Å². The van der Waals surface area contributed by atoms with Crippen molar-refractivity contribution < 1.29 is 10.2 Å². The molecule has 1 aliphatic carbocycles. The Kier molecular flexibility index (Phi) is 6.26. The van der Waals surface area contributed by atoms with Crippen LogP contribution in [0.3, 0.4) is 0 Å². The lowest BCUT2D eigenvalue weighted by atomic mass is 10.0. The third-order valence-corrected chi connectivity index (χ3v) is 3.40. The van der Waals surface area contributed by atoms with Crippen molar-refractivity contribution in [2.45, 2.75) is 82.8 Å². The van der Waals surface area contributed by atoms with E-state index in [-0.39, 0.29) is 0 Å². The monoisotopic (exact) mass is 214 g/mol. The maximum absolute atomic E-state index is 9.68. The average Bonchev–Trinajstić information content (AvgIpc) is 2.20. The molecule has 15 heavy (non-hydrogen) atoms. The molecule has 90 valence electrons. The highest BCUT2D eigenvalue weighted by atomic mass is 16.5. The smallest absolute Gasteiger partial charge is 0.162 e. The van der Waals surface area contributed by atoms with E-state index in [0.717, 1.165) is 25.7 Å². The Bertz CT molecular complexity index is 139. The minimum absolute atomic E-state index is 0.562. The van der Waals surface area contributed by atoms with Crippen molar-refractivity contribution in [2.75, 3.05) is 0 Å². The van der Waals surface area contributed by atoms with Crippen LogP contribution >= 0.6 is 0 Å². The summed E-state index contributed by atoms with van der Waals surface area (Å²) in [6, 6.07) is 0. The number of aliphatic hydroxyl groups is 2. The maximum atomic E-state index is 9.68. The average molecular weight is 214 g/mol. The van der Waals surface area contributed by atoms with E-state index in [1.165, 1.54) is 38.5 Å². The Hall–Kier alpha value is -0.0800. The zero-order valence-electron chi connectivity index (χ0n) is 9.88. The summed E-state index contributed by atoms with van der Waals surface area (Å²) >= 11 is 0. The van der Waals surface area contributed by atoms with Gasteiger partial charge in [-0.25, -0.2) is 0 Å². The van der Waals surface area contributed by atoms with E-state index in [0.29, 0.717) is 12.8 Å². The van der Waals surface area contributed by atoms with Crippen LogP contribution in [0.2, 0.25) is 0 Å².